The fourth-order valence-corrected chi connectivity index (χ4v) is 4.52. The van der Waals surface area contributed by atoms with Gasteiger partial charge >= 0.3 is 0 Å². The summed E-state index contributed by atoms with van der Waals surface area (Å²) in [6.07, 6.45) is 9.03. The summed E-state index contributed by atoms with van der Waals surface area (Å²) in [7, 11) is 0. The minimum atomic E-state index is 0.328. The number of carbonyl (C=O) groups excluding carboxylic acids is 1. The minimum absolute atomic E-state index is 0.328. The van der Waals surface area contributed by atoms with E-state index in [-0.39, 0.29) is 0 Å². The zero-order chi connectivity index (χ0) is 13.6. The SMILES string of the molecule is O=C(C1CCC2(CC1)CNN2)C1CCC2(CC1)CNN2. The lowest BCUT2D eigenvalue weighted by atomic mass is 9.68. The van der Waals surface area contributed by atoms with Gasteiger partial charge in [0.25, 0.3) is 0 Å². The summed E-state index contributed by atoms with van der Waals surface area (Å²) in [5.41, 5.74) is 13.7. The Hall–Kier alpha value is -0.490. The maximum absolute atomic E-state index is 12.7. The van der Waals surface area contributed by atoms with Crippen molar-refractivity contribution in [3.05, 3.63) is 0 Å². The van der Waals surface area contributed by atoms with E-state index in [1.54, 1.807) is 0 Å². The molecule has 0 bridgehead atoms. The van der Waals surface area contributed by atoms with Gasteiger partial charge in [-0.2, -0.15) is 0 Å². The molecule has 2 saturated heterocycles. The standard InChI is InChI=1S/C15H26N4O/c20-13(11-1-5-14(6-2-11)9-16-18-14)12-3-7-15(8-4-12)10-17-19-15/h11-12,16-19H,1-10H2. The Morgan fingerprint density at radius 3 is 1.35 bits per heavy atom. The fourth-order valence-electron chi connectivity index (χ4n) is 4.52. The number of hydrazine groups is 2. The molecule has 4 rings (SSSR count). The van der Waals surface area contributed by atoms with Crippen molar-refractivity contribution in [1.82, 2.24) is 21.7 Å². The Kier molecular flexibility index (Phi) is 3.14. The van der Waals surface area contributed by atoms with Gasteiger partial charge in [0.05, 0.1) is 0 Å². The van der Waals surface area contributed by atoms with Crippen molar-refractivity contribution in [1.29, 1.82) is 0 Å². The lowest BCUT2D eigenvalue weighted by Crippen LogP contribution is -2.71. The van der Waals surface area contributed by atoms with E-state index in [4.69, 9.17) is 0 Å². The van der Waals surface area contributed by atoms with Crippen molar-refractivity contribution >= 4 is 5.78 Å². The quantitative estimate of drug-likeness (QED) is 0.597. The molecule has 4 aliphatic rings. The zero-order valence-corrected chi connectivity index (χ0v) is 12.1. The van der Waals surface area contributed by atoms with E-state index < -0.39 is 0 Å². The van der Waals surface area contributed by atoms with Gasteiger partial charge in [0.2, 0.25) is 0 Å². The van der Waals surface area contributed by atoms with Crippen LogP contribution in [0, 0.1) is 11.8 Å². The molecule has 2 heterocycles. The maximum atomic E-state index is 12.7. The predicted octanol–water partition coefficient (Wildman–Crippen LogP) is 0.629. The first-order valence-electron chi connectivity index (χ1n) is 8.24. The molecular weight excluding hydrogens is 252 g/mol. The lowest BCUT2D eigenvalue weighted by Gasteiger charge is -2.49. The fraction of sp³-hybridized carbons (Fsp3) is 0.933. The van der Waals surface area contributed by atoms with Gasteiger partial charge in [-0.1, -0.05) is 0 Å². The molecule has 2 aliphatic carbocycles. The molecule has 2 spiro atoms. The molecule has 2 aliphatic heterocycles. The molecule has 112 valence electrons. The average molecular weight is 278 g/mol. The van der Waals surface area contributed by atoms with E-state index in [9.17, 15) is 4.79 Å². The van der Waals surface area contributed by atoms with Gasteiger partial charge in [0.1, 0.15) is 5.78 Å². The third kappa shape index (κ3) is 2.11. The summed E-state index contributed by atoms with van der Waals surface area (Å²) in [4.78, 5) is 12.7. The van der Waals surface area contributed by atoms with Crippen molar-refractivity contribution in [2.45, 2.75) is 62.4 Å². The molecule has 0 atom stereocenters. The summed E-state index contributed by atoms with van der Waals surface area (Å²) < 4.78 is 0. The Morgan fingerprint density at radius 1 is 0.750 bits per heavy atom. The topological polar surface area (TPSA) is 65.2 Å². The van der Waals surface area contributed by atoms with E-state index in [2.05, 4.69) is 21.7 Å². The first-order chi connectivity index (χ1) is 9.71. The maximum Gasteiger partial charge on any atom is 0.139 e. The molecule has 2 saturated carbocycles. The molecule has 20 heavy (non-hydrogen) atoms. The van der Waals surface area contributed by atoms with Crippen molar-refractivity contribution in [3.63, 3.8) is 0 Å². The molecule has 0 amide bonds. The molecule has 0 aromatic carbocycles. The molecular formula is C15H26N4O. The van der Waals surface area contributed by atoms with Crippen LogP contribution in [0.2, 0.25) is 0 Å². The lowest BCUT2D eigenvalue weighted by molar-refractivity contribution is -0.130. The summed E-state index contributed by atoms with van der Waals surface area (Å²) >= 11 is 0. The average Bonchev–Trinajstić information content (AvgIpc) is 2.43. The molecule has 0 radical (unpaired) electrons. The van der Waals surface area contributed by atoms with Gasteiger partial charge in [0, 0.05) is 36.0 Å². The van der Waals surface area contributed by atoms with Crippen molar-refractivity contribution in [2.75, 3.05) is 13.1 Å². The van der Waals surface area contributed by atoms with E-state index in [0.717, 1.165) is 38.8 Å². The van der Waals surface area contributed by atoms with Gasteiger partial charge < -0.3 is 0 Å². The number of Topliss-reactive ketones (excluding diaryl/α,β-unsaturated/α-hetero) is 1. The van der Waals surface area contributed by atoms with Crippen LogP contribution in [0.5, 0.6) is 0 Å². The van der Waals surface area contributed by atoms with Crippen molar-refractivity contribution < 1.29 is 4.79 Å². The number of hydrogen-bond acceptors (Lipinski definition) is 5. The Labute approximate surface area is 120 Å². The third-order valence-electron chi connectivity index (χ3n) is 6.25. The zero-order valence-electron chi connectivity index (χ0n) is 12.1. The summed E-state index contributed by atoms with van der Waals surface area (Å²) in [6.45, 7) is 2.16. The van der Waals surface area contributed by atoms with Crippen LogP contribution < -0.4 is 21.7 Å². The number of nitrogens with one attached hydrogen (secondary N) is 4. The van der Waals surface area contributed by atoms with Gasteiger partial charge in [0.15, 0.2) is 0 Å². The second-order valence-corrected chi connectivity index (χ2v) is 7.47. The number of ketones is 1. The van der Waals surface area contributed by atoms with Crippen LogP contribution in [-0.4, -0.2) is 30.0 Å². The van der Waals surface area contributed by atoms with Gasteiger partial charge in [-0.25, -0.2) is 0 Å². The molecule has 0 aromatic heterocycles. The predicted molar refractivity (Wildman–Crippen MR) is 76.7 cm³/mol. The van der Waals surface area contributed by atoms with Gasteiger partial charge in [-0.15, -0.1) is 0 Å². The highest BCUT2D eigenvalue weighted by molar-refractivity contribution is 5.83. The van der Waals surface area contributed by atoms with E-state index in [1.165, 1.54) is 25.7 Å². The Morgan fingerprint density at radius 2 is 1.10 bits per heavy atom. The van der Waals surface area contributed by atoms with E-state index >= 15 is 0 Å². The molecule has 0 aromatic rings. The Bertz CT molecular complexity index is 347. The minimum Gasteiger partial charge on any atom is -0.299 e. The highest BCUT2D eigenvalue weighted by Crippen LogP contribution is 2.40. The van der Waals surface area contributed by atoms with Crippen LogP contribution in [0.3, 0.4) is 0 Å². The molecule has 0 unspecified atom stereocenters. The third-order valence-corrected chi connectivity index (χ3v) is 6.25. The summed E-state index contributed by atoms with van der Waals surface area (Å²) in [5.74, 6) is 1.26. The molecule has 4 fully saturated rings. The van der Waals surface area contributed by atoms with Crippen molar-refractivity contribution in [3.8, 4) is 0 Å². The van der Waals surface area contributed by atoms with Crippen LogP contribution in [0.4, 0.5) is 0 Å². The number of hydrogen-bond donors (Lipinski definition) is 4. The monoisotopic (exact) mass is 278 g/mol. The van der Waals surface area contributed by atoms with Crippen LogP contribution >= 0.6 is 0 Å². The van der Waals surface area contributed by atoms with Crippen LogP contribution in [-0.2, 0) is 4.79 Å². The first kappa shape index (κ1) is 13.2. The number of rotatable bonds is 2. The Balaban J connectivity index is 1.30. The summed E-state index contributed by atoms with van der Waals surface area (Å²) in [6, 6.07) is 0. The smallest absolute Gasteiger partial charge is 0.139 e. The van der Waals surface area contributed by atoms with Crippen molar-refractivity contribution in [2.24, 2.45) is 11.8 Å². The van der Waals surface area contributed by atoms with E-state index in [0.29, 0.717) is 28.7 Å². The highest BCUT2D eigenvalue weighted by Gasteiger charge is 2.45. The molecule has 5 heteroatoms. The number of carbonyl (C=O) groups is 1. The largest absolute Gasteiger partial charge is 0.299 e. The van der Waals surface area contributed by atoms with Crippen LogP contribution in [0.25, 0.3) is 0 Å². The van der Waals surface area contributed by atoms with Crippen LogP contribution in [0.15, 0.2) is 0 Å². The van der Waals surface area contributed by atoms with E-state index in [1.807, 2.05) is 0 Å². The first-order valence-corrected chi connectivity index (χ1v) is 8.24. The molecule has 4 N–H and O–H groups in total. The second-order valence-electron chi connectivity index (χ2n) is 7.47. The molecule has 5 nitrogen and oxygen atoms in total. The normalized spacial score (nSPS) is 47.8. The summed E-state index contributed by atoms with van der Waals surface area (Å²) in [5, 5.41) is 0. The highest BCUT2D eigenvalue weighted by atomic mass is 16.1. The van der Waals surface area contributed by atoms with Crippen LogP contribution in [0.1, 0.15) is 51.4 Å². The second kappa shape index (κ2) is 4.77. The van der Waals surface area contributed by atoms with Gasteiger partial charge in [-0.05, 0) is 51.4 Å². The van der Waals surface area contributed by atoms with Gasteiger partial charge in [-0.3, -0.25) is 26.5 Å².